The zero-order valence-electron chi connectivity index (χ0n) is 9.30. The number of rotatable bonds is 1. The van der Waals surface area contributed by atoms with Crippen molar-refractivity contribution in [2.24, 2.45) is 0 Å². The fraction of sp³-hybridized carbons (Fsp3) is 0.538. The van der Waals surface area contributed by atoms with Crippen molar-refractivity contribution in [2.45, 2.75) is 45.2 Å². The Balaban J connectivity index is 2.05. The highest BCUT2D eigenvalue weighted by molar-refractivity contribution is 5.33. The van der Waals surface area contributed by atoms with E-state index in [0.717, 1.165) is 0 Å². The van der Waals surface area contributed by atoms with Gasteiger partial charge in [-0.25, -0.2) is 0 Å². The average Bonchev–Trinajstić information content (AvgIpc) is 2.42. The Morgan fingerprint density at radius 1 is 1.07 bits per heavy atom. The molecular formula is C13H19N. The lowest BCUT2D eigenvalue weighted by molar-refractivity contribution is 0.365. The average molecular weight is 189 g/mol. The van der Waals surface area contributed by atoms with Crippen LogP contribution in [0, 0.1) is 0 Å². The SMILES string of the molecule is CC(C)(C)NC1Cc2ccccc2C1. The maximum Gasteiger partial charge on any atom is 0.0153 e. The van der Waals surface area contributed by atoms with Gasteiger partial charge in [0.05, 0.1) is 0 Å². The Morgan fingerprint density at radius 3 is 2.00 bits per heavy atom. The minimum absolute atomic E-state index is 0.229. The van der Waals surface area contributed by atoms with Crippen LogP contribution in [0.25, 0.3) is 0 Å². The van der Waals surface area contributed by atoms with Gasteiger partial charge in [0.2, 0.25) is 0 Å². The van der Waals surface area contributed by atoms with Gasteiger partial charge in [-0.15, -0.1) is 0 Å². The summed E-state index contributed by atoms with van der Waals surface area (Å²) in [5.41, 5.74) is 3.27. The van der Waals surface area contributed by atoms with E-state index in [-0.39, 0.29) is 5.54 Å². The van der Waals surface area contributed by atoms with Crippen molar-refractivity contribution in [1.29, 1.82) is 0 Å². The molecule has 0 radical (unpaired) electrons. The second-order valence-electron chi connectivity index (χ2n) is 5.27. The lowest BCUT2D eigenvalue weighted by Gasteiger charge is -2.25. The Kier molecular flexibility index (Phi) is 2.36. The van der Waals surface area contributed by atoms with Crippen LogP contribution in [0.3, 0.4) is 0 Å². The molecule has 0 atom stereocenters. The quantitative estimate of drug-likeness (QED) is 0.716. The van der Waals surface area contributed by atoms with Crippen LogP contribution >= 0.6 is 0 Å². The van der Waals surface area contributed by atoms with Gasteiger partial charge >= 0.3 is 0 Å². The van der Waals surface area contributed by atoms with Gasteiger partial charge < -0.3 is 5.32 Å². The first-order chi connectivity index (χ1) is 6.54. The highest BCUT2D eigenvalue weighted by Gasteiger charge is 2.24. The van der Waals surface area contributed by atoms with Crippen LogP contribution in [-0.2, 0) is 12.8 Å². The third kappa shape index (κ3) is 2.16. The molecule has 1 aromatic rings. The molecule has 1 aliphatic rings. The van der Waals surface area contributed by atoms with Crippen molar-refractivity contribution in [3.05, 3.63) is 35.4 Å². The van der Waals surface area contributed by atoms with E-state index < -0.39 is 0 Å². The first-order valence-electron chi connectivity index (χ1n) is 5.39. The highest BCUT2D eigenvalue weighted by atomic mass is 15.0. The summed E-state index contributed by atoms with van der Waals surface area (Å²) >= 11 is 0. The summed E-state index contributed by atoms with van der Waals surface area (Å²) in [7, 11) is 0. The van der Waals surface area contributed by atoms with Crippen LogP contribution in [0.5, 0.6) is 0 Å². The van der Waals surface area contributed by atoms with E-state index in [9.17, 15) is 0 Å². The van der Waals surface area contributed by atoms with Crippen LogP contribution in [-0.4, -0.2) is 11.6 Å². The lowest BCUT2D eigenvalue weighted by Crippen LogP contribution is -2.44. The largest absolute Gasteiger partial charge is 0.309 e. The molecule has 1 N–H and O–H groups in total. The van der Waals surface area contributed by atoms with Crippen molar-refractivity contribution in [3.8, 4) is 0 Å². The summed E-state index contributed by atoms with van der Waals surface area (Å²) in [6, 6.07) is 9.41. The number of fused-ring (bicyclic) bond motifs is 1. The number of benzene rings is 1. The first-order valence-corrected chi connectivity index (χ1v) is 5.39. The van der Waals surface area contributed by atoms with Gasteiger partial charge in [0.25, 0.3) is 0 Å². The standard InChI is InChI=1S/C13H19N/c1-13(2,3)14-12-8-10-6-4-5-7-11(10)9-12/h4-7,12,14H,8-9H2,1-3H3. The van der Waals surface area contributed by atoms with Crippen LogP contribution in [0.2, 0.25) is 0 Å². The molecule has 1 nitrogen and oxygen atoms in total. The molecule has 76 valence electrons. The monoisotopic (exact) mass is 189 g/mol. The van der Waals surface area contributed by atoms with Crippen LogP contribution < -0.4 is 5.32 Å². The summed E-state index contributed by atoms with van der Waals surface area (Å²) in [6.45, 7) is 6.70. The fourth-order valence-electron chi connectivity index (χ4n) is 2.27. The normalized spacial score (nSPS) is 17.1. The van der Waals surface area contributed by atoms with Crippen molar-refractivity contribution in [3.63, 3.8) is 0 Å². The second-order valence-corrected chi connectivity index (χ2v) is 5.27. The number of hydrogen-bond acceptors (Lipinski definition) is 1. The van der Waals surface area contributed by atoms with Gasteiger partial charge in [-0.2, -0.15) is 0 Å². The van der Waals surface area contributed by atoms with E-state index in [2.05, 4.69) is 50.4 Å². The Bertz CT molecular complexity index is 297. The first kappa shape index (κ1) is 9.72. The summed E-state index contributed by atoms with van der Waals surface area (Å²) in [6.07, 6.45) is 2.38. The van der Waals surface area contributed by atoms with Gasteiger partial charge in [0.1, 0.15) is 0 Å². The van der Waals surface area contributed by atoms with E-state index in [0.29, 0.717) is 6.04 Å². The van der Waals surface area contributed by atoms with Crippen molar-refractivity contribution < 1.29 is 0 Å². The van der Waals surface area contributed by atoms with Gasteiger partial charge in [-0.05, 0) is 44.7 Å². The maximum absolute atomic E-state index is 3.66. The summed E-state index contributed by atoms with van der Waals surface area (Å²) < 4.78 is 0. The van der Waals surface area contributed by atoms with Crippen LogP contribution in [0.1, 0.15) is 31.9 Å². The molecule has 0 saturated heterocycles. The molecule has 0 unspecified atom stereocenters. The molecule has 0 bridgehead atoms. The molecule has 0 aliphatic heterocycles. The van der Waals surface area contributed by atoms with E-state index in [4.69, 9.17) is 0 Å². The van der Waals surface area contributed by atoms with Gasteiger partial charge in [-0.1, -0.05) is 24.3 Å². The van der Waals surface area contributed by atoms with Crippen LogP contribution in [0.4, 0.5) is 0 Å². The molecular weight excluding hydrogens is 170 g/mol. The van der Waals surface area contributed by atoms with Gasteiger partial charge in [-0.3, -0.25) is 0 Å². The predicted molar refractivity (Wildman–Crippen MR) is 60.5 cm³/mol. The number of nitrogens with one attached hydrogen (secondary N) is 1. The van der Waals surface area contributed by atoms with Gasteiger partial charge in [0, 0.05) is 11.6 Å². The predicted octanol–water partition coefficient (Wildman–Crippen LogP) is 2.54. The molecule has 1 aromatic carbocycles. The van der Waals surface area contributed by atoms with E-state index in [1.54, 1.807) is 0 Å². The fourth-order valence-corrected chi connectivity index (χ4v) is 2.27. The molecule has 14 heavy (non-hydrogen) atoms. The molecule has 0 amide bonds. The molecule has 0 fully saturated rings. The van der Waals surface area contributed by atoms with Crippen LogP contribution in [0.15, 0.2) is 24.3 Å². The molecule has 0 saturated carbocycles. The highest BCUT2D eigenvalue weighted by Crippen LogP contribution is 2.22. The second kappa shape index (κ2) is 3.39. The summed E-state index contributed by atoms with van der Waals surface area (Å²) in [5.74, 6) is 0. The third-order valence-corrected chi connectivity index (χ3v) is 2.69. The topological polar surface area (TPSA) is 12.0 Å². The summed E-state index contributed by atoms with van der Waals surface area (Å²) in [4.78, 5) is 0. The lowest BCUT2D eigenvalue weighted by atomic mass is 10.1. The third-order valence-electron chi connectivity index (χ3n) is 2.69. The molecule has 1 heteroatoms. The molecule has 2 rings (SSSR count). The molecule has 0 heterocycles. The molecule has 0 spiro atoms. The number of hydrogen-bond donors (Lipinski definition) is 1. The van der Waals surface area contributed by atoms with E-state index >= 15 is 0 Å². The Morgan fingerprint density at radius 2 is 1.57 bits per heavy atom. The smallest absolute Gasteiger partial charge is 0.0153 e. The molecule has 1 aliphatic carbocycles. The maximum atomic E-state index is 3.66. The Labute approximate surface area is 86.5 Å². The van der Waals surface area contributed by atoms with E-state index in [1.165, 1.54) is 24.0 Å². The minimum atomic E-state index is 0.229. The van der Waals surface area contributed by atoms with Gasteiger partial charge in [0.15, 0.2) is 0 Å². The molecule has 0 aromatic heterocycles. The van der Waals surface area contributed by atoms with Crippen molar-refractivity contribution >= 4 is 0 Å². The van der Waals surface area contributed by atoms with E-state index in [1.807, 2.05) is 0 Å². The zero-order chi connectivity index (χ0) is 10.2. The zero-order valence-corrected chi connectivity index (χ0v) is 9.30. The van der Waals surface area contributed by atoms with Crippen molar-refractivity contribution in [2.75, 3.05) is 0 Å². The Hall–Kier alpha value is -0.820. The minimum Gasteiger partial charge on any atom is -0.309 e. The van der Waals surface area contributed by atoms with Crippen molar-refractivity contribution in [1.82, 2.24) is 5.32 Å². The summed E-state index contributed by atoms with van der Waals surface area (Å²) in [5, 5.41) is 3.66.